The second-order valence-corrected chi connectivity index (χ2v) is 8.29. The molecule has 0 aromatic heterocycles. The SMILES string of the molecule is C=C/C=C\C=C(/C)Cc1cccc(OOC(C)CCCCOC(C)(C)CCOC)c1. The molecule has 0 saturated heterocycles. The molecule has 0 aliphatic carbocycles. The summed E-state index contributed by atoms with van der Waals surface area (Å²) in [5.41, 5.74) is 2.33. The highest BCUT2D eigenvalue weighted by atomic mass is 17.2. The molecule has 0 amide bonds. The van der Waals surface area contributed by atoms with Crippen LogP contribution < -0.4 is 4.89 Å². The Hall–Kier alpha value is -1.88. The fourth-order valence-electron chi connectivity index (χ4n) is 2.87. The molecule has 0 bridgehead atoms. The smallest absolute Gasteiger partial charge is 0.165 e. The number of hydrogen-bond donors (Lipinski definition) is 0. The number of ether oxygens (including phenoxy) is 2. The lowest BCUT2D eigenvalue weighted by atomic mass is 10.1. The Morgan fingerprint density at radius 3 is 2.70 bits per heavy atom. The summed E-state index contributed by atoms with van der Waals surface area (Å²) in [6, 6.07) is 8.03. The summed E-state index contributed by atoms with van der Waals surface area (Å²) < 4.78 is 11.1. The minimum atomic E-state index is -0.137. The molecule has 0 saturated carbocycles. The van der Waals surface area contributed by atoms with E-state index in [2.05, 4.69) is 39.5 Å². The van der Waals surface area contributed by atoms with Crippen molar-refractivity contribution in [1.29, 1.82) is 0 Å². The van der Waals surface area contributed by atoms with Gasteiger partial charge in [-0.15, -0.1) is 0 Å². The van der Waals surface area contributed by atoms with Gasteiger partial charge in [-0.3, -0.25) is 0 Å². The third-order valence-electron chi connectivity index (χ3n) is 4.72. The van der Waals surface area contributed by atoms with Gasteiger partial charge in [-0.05, 0) is 77.5 Å². The van der Waals surface area contributed by atoms with Crippen LogP contribution in [0.25, 0.3) is 0 Å². The zero-order chi connectivity index (χ0) is 22.2. The Kier molecular flexibility index (Phi) is 13.1. The summed E-state index contributed by atoms with van der Waals surface area (Å²) >= 11 is 0. The van der Waals surface area contributed by atoms with Crippen LogP contribution in [0, 0.1) is 0 Å². The molecule has 4 heteroatoms. The lowest BCUT2D eigenvalue weighted by Gasteiger charge is -2.25. The topological polar surface area (TPSA) is 36.9 Å². The van der Waals surface area contributed by atoms with E-state index in [-0.39, 0.29) is 11.7 Å². The third-order valence-corrected chi connectivity index (χ3v) is 4.72. The van der Waals surface area contributed by atoms with Crippen LogP contribution in [0.4, 0.5) is 0 Å². The van der Waals surface area contributed by atoms with Crippen molar-refractivity contribution < 1.29 is 19.2 Å². The Morgan fingerprint density at radius 1 is 1.17 bits per heavy atom. The van der Waals surface area contributed by atoms with E-state index in [1.807, 2.05) is 37.3 Å². The standard InChI is InChI=1S/C26H40O4/c1-7-8-9-13-22(2)20-24-15-12-16-25(21-24)30-29-23(3)14-10-11-18-28-26(4,5)17-19-27-6/h7-9,12-13,15-16,21,23H,1,10-11,14,17-20H2,2-6H3/b9-8-,22-13+. The third kappa shape index (κ3) is 12.6. The fourth-order valence-corrected chi connectivity index (χ4v) is 2.87. The van der Waals surface area contributed by atoms with E-state index in [1.165, 1.54) is 11.1 Å². The summed E-state index contributed by atoms with van der Waals surface area (Å²) in [4.78, 5) is 11.1. The van der Waals surface area contributed by atoms with E-state index >= 15 is 0 Å². The molecule has 30 heavy (non-hydrogen) atoms. The summed E-state index contributed by atoms with van der Waals surface area (Å²) in [5, 5.41) is 0. The molecular formula is C26H40O4. The summed E-state index contributed by atoms with van der Waals surface area (Å²) in [6.45, 7) is 13.5. The normalized spacial score (nSPS) is 13.6. The number of benzene rings is 1. The van der Waals surface area contributed by atoms with E-state index in [1.54, 1.807) is 13.2 Å². The molecule has 0 N–H and O–H groups in total. The number of methoxy groups -OCH3 is 1. The van der Waals surface area contributed by atoms with Crippen molar-refractivity contribution in [2.24, 2.45) is 0 Å². The molecule has 0 aliphatic rings. The average molecular weight is 417 g/mol. The first-order valence-electron chi connectivity index (χ1n) is 10.9. The van der Waals surface area contributed by atoms with E-state index < -0.39 is 0 Å². The van der Waals surface area contributed by atoms with Crippen LogP contribution in [0.3, 0.4) is 0 Å². The number of rotatable bonds is 16. The van der Waals surface area contributed by atoms with Crippen LogP contribution in [-0.4, -0.2) is 32.0 Å². The molecule has 0 fully saturated rings. The highest BCUT2D eigenvalue weighted by molar-refractivity contribution is 5.31. The monoisotopic (exact) mass is 416 g/mol. The highest BCUT2D eigenvalue weighted by Crippen LogP contribution is 2.18. The van der Waals surface area contributed by atoms with Gasteiger partial charge in [0.15, 0.2) is 5.75 Å². The van der Waals surface area contributed by atoms with Gasteiger partial charge in [0.25, 0.3) is 0 Å². The van der Waals surface area contributed by atoms with Gasteiger partial charge in [-0.1, -0.05) is 48.6 Å². The maximum absolute atomic E-state index is 5.95. The first kappa shape index (κ1) is 26.2. The molecule has 1 unspecified atom stereocenters. The van der Waals surface area contributed by atoms with E-state index in [0.717, 1.165) is 51.1 Å². The Labute approximate surface area is 183 Å². The molecule has 1 aromatic rings. The van der Waals surface area contributed by atoms with Gasteiger partial charge in [0.05, 0.1) is 5.60 Å². The Bertz CT molecular complexity index is 661. The molecule has 168 valence electrons. The van der Waals surface area contributed by atoms with Crippen molar-refractivity contribution in [3.63, 3.8) is 0 Å². The second kappa shape index (κ2) is 15.0. The number of hydrogen-bond acceptors (Lipinski definition) is 4. The predicted octanol–water partition coefficient (Wildman–Crippen LogP) is 6.62. The molecule has 1 atom stereocenters. The quantitative estimate of drug-likeness (QED) is 0.131. The van der Waals surface area contributed by atoms with Crippen molar-refractivity contribution in [2.75, 3.05) is 20.3 Å². The highest BCUT2D eigenvalue weighted by Gasteiger charge is 2.17. The fraction of sp³-hybridized carbons (Fsp3) is 0.538. The maximum atomic E-state index is 5.95. The molecule has 1 rings (SSSR count). The maximum Gasteiger partial charge on any atom is 0.165 e. The van der Waals surface area contributed by atoms with E-state index in [4.69, 9.17) is 19.2 Å². The van der Waals surface area contributed by atoms with Crippen LogP contribution >= 0.6 is 0 Å². The second-order valence-electron chi connectivity index (χ2n) is 8.29. The predicted molar refractivity (Wildman–Crippen MR) is 125 cm³/mol. The van der Waals surface area contributed by atoms with Crippen molar-refractivity contribution in [1.82, 2.24) is 0 Å². The zero-order valence-electron chi connectivity index (χ0n) is 19.5. The first-order valence-corrected chi connectivity index (χ1v) is 10.9. The summed E-state index contributed by atoms with van der Waals surface area (Å²) in [5.74, 6) is 0.733. The number of unbranched alkanes of at least 4 members (excludes halogenated alkanes) is 1. The van der Waals surface area contributed by atoms with E-state index in [0.29, 0.717) is 0 Å². The van der Waals surface area contributed by atoms with Gasteiger partial charge < -0.3 is 14.4 Å². The van der Waals surface area contributed by atoms with Crippen molar-refractivity contribution in [3.05, 3.63) is 66.3 Å². The lowest BCUT2D eigenvalue weighted by molar-refractivity contribution is -0.241. The molecule has 0 spiro atoms. The van der Waals surface area contributed by atoms with Crippen LogP contribution in [0.2, 0.25) is 0 Å². The van der Waals surface area contributed by atoms with Gasteiger partial charge in [-0.2, -0.15) is 4.89 Å². The van der Waals surface area contributed by atoms with Crippen molar-refractivity contribution in [2.45, 2.75) is 71.5 Å². The Morgan fingerprint density at radius 2 is 1.97 bits per heavy atom. The zero-order valence-corrected chi connectivity index (χ0v) is 19.5. The van der Waals surface area contributed by atoms with Gasteiger partial charge in [0, 0.05) is 20.3 Å². The average Bonchev–Trinajstić information content (AvgIpc) is 2.71. The molecule has 1 aromatic carbocycles. The molecular weight excluding hydrogens is 376 g/mol. The summed E-state index contributed by atoms with van der Waals surface area (Å²) in [6.07, 6.45) is 12.6. The van der Waals surface area contributed by atoms with Gasteiger partial charge in [-0.25, -0.2) is 0 Å². The van der Waals surface area contributed by atoms with Crippen LogP contribution in [0.15, 0.2) is 60.7 Å². The molecule has 0 heterocycles. The molecule has 0 radical (unpaired) electrons. The van der Waals surface area contributed by atoms with E-state index in [9.17, 15) is 0 Å². The largest absolute Gasteiger partial charge is 0.385 e. The molecule has 0 aliphatic heterocycles. The van der Waals surface area contributed by atoms with Crippen LogP contribution in [0.5, 0.6) is 5.75 Å². The van der Waals surface area contributed by atoms with Gasteiger partial charge >= 0.3 is 0 Å². The molecule has 4 nitrogen and oxygen atoms in total. The number of allylic oxidation sites excluding steroid dienone is 5. The minimum absolute atomic E-state index is 0.0285. The summed E-state index contributed by atoms with van der Waals surface area (Å²) in [7, 11) is 1.72. The first-order chi connectivity index (χ1) is 14.4. The van der Waals surface area contributed by atoms with Crippen molar-refractivity contribution in [3.8, 4) is 5.75 Å². The lowest BCUT2D eigenvalue weighted by Crippen LogP contribution is -2.26. The van der Waals surface area contributed by atoms with Gasteiger partial charge in [0.1, 0.15) is 6.10 Å². The van der Waals surface area contributed by atoms with Crippen LogP contribution in [-0.2, 0) is 20.8 Å². The minimum Gasteiger partial charge on any atom is -0.385 e. The Balaban J connectivity index is 2.29. The van der Waals surface area contributed by atoms with Crippen LogP contribution in [0.1, 0.15) is 58.9 Å². The van der Waals surface area contributed by atoms with Crippen molar-refractivity contribution >= 4 is 0 Å². The van der Waals surface area contributed by atoms with Gasteiger partial charge in [0.2, 0.25) is 0 Å².